The lowest BCUT2D eigenvalue weighted by Gasteiger charge is -2.19. The summed E-state index contributed by atoms with van der Waals surface area (Å²) in [4.78, 5) is 16.0. The first-order valence-electron chi connectivity index (χ1n) is 6.07. The standard InChI is InChI=1S/C14H21NO3/c1-5-18-15-13(16)10-17-12-8-6-11(7-9-12)14(2,3)4/h6-9H,5,10H2,1-4H3,(H,15,16). The minimum atomic E-state index is -0.295. The number of nitrogens with one attached hydrogen (secondary N) is 1. The van der Waals surface area contributed by atoms with E-state index in [1.165, 1.54) is 5.56 Å². The van der Waals surface area contributed by atoms with Gasteiger partial charge < -0.3 is 4.74 Å². The zero-order chi connectivity index (χ0) is 13.6. The van der Waals surface area contributed by atoms with E-state index in [0.717, 1.165) is 0 Å². The van der Waals surface area contributed by atoms with Gasteiger partial charge in [-0.25, -0.2) is 5.48 Å². The predicted molar refractivity (Wildman–Crippen MR) is 70.4 cm³/mol. The fraction of sp³-hybridized carbons (Fsp3) is 0.500. The molecule has 0 aromatic heterocycles. The maximum absolute atomic E-state index is 11.2. The van der Waals surface area contributed by atoms with Crippen molar-refractivity contribution >= 4 is 5.91 Å². The average Bonchev–Trinajstić information content (AvgIpc) is 2.33. The first kappa shape index (κ1) is 14.5. The lowest BCUT2D eigenvalue weighted by atomic mass is 9.87. The molecule has 0 saturated heterocycles. The molecule has 4 nitrogen and oxygen atoms in total. The molecular weight excluding hydrogens is 230 g/mol. The highest BCUT2D eigenvalue weighted by Gasteiger charge is 2.13. The van der Waals surface area contributed by atoms with Crippen LogP contribution in [0.4, 0.5) is 0 Å². The molecule has 1 aromatic rings. The van der Waals surface area contributed by atoms with Crippen LogP contribution in [0, 0.1) is 0 Å². The van der Waals surface area contributed by atoms with Gasteiger partial charge in [0.15, 0.2) is 6.61 Å². The molecular formula is C14H21NO3. The molecule has 1 N–H and O–H groups in total. The molecule has 1 amide bonds. The predicted octanol–water partition coefficient (Wildman–Crippen LogP) is 2.43. The number of amides is 1. The number of hydroxylamine groups is 1. The summed E-state index contributed by atoms with van der Waals surface area (Å²) in [7, 11) is 0. The van der Waals surface area contributed by atoms with Crippen molar-refractivity contribution in [2.75, 3.05) is 13.2 Å². The third-order valence-corrected chi connectivity index (χ3v) is 2.42. The van der Waals surface area contributed by atoms with Crippen molar-refractivity contribution in [1.29, 1.82) is 0 Å². The second-order valence-corrected chi connectivity index (χ2v) is 5.02. The van der Waals surface area contributed by atoms with Crippen molar-refractivity contribution in [2.24, 2.45) is 0 Å². The first-order chi connectivity index (χ1) is 8.43. The van der Waals surface area contributed by atoms with Crippen LogP contribution in [0.2, 0.25) is 0 Å². The zero-order valence-corrected chi connectivity index (χ0v) is 11.4. The van der Waals surface area contributed by atoms with Gasteiger partial charge in [0, 0.05) is 0 Å². The van der Waals surface area contributed by atoms with E-state index in [0.29, 0.717) is 12.4 Å². The van der Waals surface area contributed by atoms with Crippen LogP contribution in [0.5, 0.6) is 5.75 Å². The van der Waals surface area contributed by atoms with Crippen LogP contribution in [0.1, 0.15) is 33.3 Å². The Kier molecular flexibility index (Phi) is 5.16. The Balaban J connectivity index is 2.47. The van der Waals surface area contributed by atoms with Crippen LogP contribution >= 0.6 is 0 Å². The third-order valence-electron chi connectivity index (χ3n) is 2.42. The zero-order valence-electron chi connectivity index (χ0n) is 11.4. The summed E-state index contributed by atoms with van der Waals surface area (Å²) >= 11 is 0. The van der Waals surface area contributed by atoms with Gasteiger partial charge in [0.2, 0.25) is 0 Å². The highest BCUT2D eigenvalue weighted by atomic mass is 16.7. The summed E-state index contributed by atoms with van der Waals surface area (Å²) in [6.45, 7) is 8.64. The summed E-state index contributed by atoms with van der Waals surface area (Å²) in [5, 5.41) is 0. The second-order valence-electron chi connectivity index (χ2n) is 5.02. The Bertz CT molecular complexity index is 379. The molecule has 1 rings (SSSR count). The Labute approximate surface area is 108 Å². The summed E-state index contributed by atoms with van der Waals surface area (Å²) in [6.07, 6.45) is 0. The monoisotopic (exact) mass is 251 g/mol. The van der Waals surface area contributed by atoms with E-state index in [-0.39, 0.29) is 17.9 Å². The van der Waals surface area contributed by atoms with E-state index in [4.69, 9.17) is 9.57 Å². The second kappa shape index (κ2) is 6.40. The molecule has 0 heterocycles. The Morgan fingerprint density at radius 3 is 2.33 bits per heavy atom. The molecule has 4 heteroatoms. The molecule has 0 aliphatic rings. The van der Waals surface area contributed by atoms with Crippen molar-refractivity contribution in [3.63, 3.8) is 0 Å². The van der Waals surface area contributed by atoms with Crippen LogP contribution < -0.4 is 10.2 Å². The molecule has 0 saturated carbocycles. The lowest BCUT2D eigenvalue weighted by Crippen LogP contribution is -2.28. The van der Waals surface area contributed by atoms with Crippen LogP contribution in [0.3, 0.4) is 0 Å². The van der Waals surface area contributed by atoms with E-state index in [9.17, 15) is 4.79 Å². The fourth-order valence-electron chi connectivity index (χ4n) is 1.38. The van der Waals surface area contributed by atoms with Gasteiger partial charge in [-0.2, -0.15) is 0 Å². The Hall–Kier alpha value is -1.55. The first-order valence-corrected chi connectivity index (χ1v) is 6.07. The average molecular weight is 251 g/mol. The van der Waals surface area contributed by atoms with Gasteiger partial charge in [0.25, 0.3) is 5.91 Å². The van der Waals surface area contributed by atoms with E-state index < -0.39 is 0 Å². The Morgan fingerprint density at radius 2 is 1.83 bits per heavy atom. The maximum Gasteiger partial charge on any atom is 0.281 e. The fourth-order valence-corrected chi connectivity index (χ4v) is 1.38. The van der Waals surface area contributed by atoms with Gasteiger partial charge in [0.1, 0.15) is 5.75 Å². The quantitative estimate of drug-likeness (QED) is 0.818. The van der Waals surface area contributed by atoms with Gasteiger partial charge >= 0.3 is 0 Å². The maximum atomic E-state index is 11.2. The summed E-state index contributed by atoms with van der Waals surface area (Å²) < 4.78 is 5.34. The van der Waals surface area contributed by atoms with Gasteiger partial charge in [-0.3, -0.25) is 9.63 Å². The largest absolute Gasteiger partial charge is 0.484 e. The number of carbonyl (C=O) groups excluding carboxylic acids is 1. The highest BCUT2D eigenvalue weighted by molar-refractivity contribution is 5.76. The van der Waals surface area contributed by atoms with Crippen molar-refractivity contribution in [2.45, 2.75) is 33.1 Å². The molecule has 0 aliphatic heterocycles. The number of hydrogen-bond acceptors (Lipinski definition) is 3. The van der Waals surface area contributed by atoms with Crippen molar-refractivity contribution in [1.82, 2.24) is 5.48 Å². The van der Waals surface area contributed by atoms with Gasteiger partial charge in [-0.1, -0.05) is 32.9 Å². The Morgan fingerprint density at radius 1 is 1.22 bits per heavy atom. The van der Waals surface area contributed by atoms with Gasteiger partial charge in [0.05, 0.1) is 6.61 Å². The van der Waals surface area contributed by atoms with E-state index in [1.54, 1.807) is 6.92 Å². The smallest absolute Gasteiger partial charge is 0.281 e. The highest BCUT2D eigenvalue weighted by Crippen LogP contribution is 2.24. The van der Waals surface area contributed by atoms with E-state index in [1.807, 2.05) is 24.3 Å². The lowest BCUT2D eigenvalue weighted by molar-refractivity contribution is -0.135. The molecule has 0 aliphatic carbocycles. The normalized spacial score (nSPS) is 11.1. The number of rotatable bonds is 5. The molecule has 0 fully saturated rings. The molecule has 0 atom stereocenters. The van der Waals surface area contributed by atoms with Crippen LogP contribution in [-0.4, -0.2) is 19.1 Å². The topological polar surface area (TPSA) is 47.6 Å². The third kappa shape index (κ3) is 4.75. The molecule has 100 valence electrons. The number of carbonyl (C=O) groups is 1. The number of benzene rings is 1. The van der Waals surface area contributed by atoms with E-state index >= 15 is 0 Å². The number of hydrogen-bond donors (Lipinski definition) is 1. The van der Waals surface area contributed by atoms with Crippen LogP contribution in [0.25, 0.3) is 0 Å². The molecule has 0 spiro atoms. The SMILES string of the molecule is CCONC(=O)COc1ccc(C(C)(C)C)cc1. The summed E-state index contributed by atoms with van der Waals surface area (Å²) in [6, 6.07) is 7.76. The van der Waals surface area contributed by atoms with Gasteiger partial charge in [-0.05, 0) is 30.0 Å². The van der Waals surface area contributed by atoms with Gasteiger partial charge in [-0.15, -0.1) is 0 Å². The molecule has 0 radical (unpaired) electrons. The number of ether oxygens (including phenoxy) is 1. The minimum absolute atomic E-state index is 0.0468. The van der Waals surface area contributed by atoms with Crippen molar-refractivity contribution in [3.05, 3.63) is 29.8 Å². The summed E-state index contributed by atoms with van der Waals surface area (Å²) in [5.74, 6) is 0.381. The van der Waals surface area contributed by atoms with Crippen LogP contribution in [-0.2, 0) is 15.0 Å². The van der Waals surface area contributed by atoms with Crippen LogP contribution in [0.15, 0.2) is 24.3 Å². The van der Waals surface area contributed by atoms with Crippen molar-refractivity contribution in [3.8, 4) is 5.75 Å². The van der Waals surface area contributed by atoms with E-state index in [2.05, 4.69) is 26.3 Å². The summed E-state index contributed by atoms with van der Waals surface area (Å²) in [5.41, 5.74) is 3.62. The molecule has 1 aromatic carbocycles. The molecule has 18 heavy (non-hydrogen) atoms. The van der Waals surface area contributed by atoms with Crippen molar-refractivity contribution < 1.29 is 14.4 Å². The molecule has 0 unspecified atom stereocenters. The minimum Gasteiger partial charge on any atom is -0.484 e. The molecule has 0 bridgehead atoms.